The standard InChI is InChI=1S/C26H26N2O4S/c29-25(28-24(26(30)27-22-15-16-22)17-19-7-3-1-4-8-19)21-13-11-20(12-14-21)18-33(31,32)23-9-5-2-6-10-23/h1-14,22,24H,15-18H2,(H,27,30)(H,28,29). The molecular formula is C26H26N2O4S. The molecule has 1 unspecified atom stereocenters. The van der Waals surface area contributed by atoms with E-state index in [2.05, 4.69) is 10.6 Å². The van der Waals surface area contributed by atoms with Gasteiger partial charge in [-0.3, -0.25) is 9.59 Å². The number of sulfone groups is 1. The SMILES string of the molecule is O=C(NC(Cc1ccccc1)C(=O)NC1CC1)c1ccc(CS(=O)(=O)c2ccccc2)cc1. The lowest BCUT2D eigenvalue weighted by Crippen LogP contribution is -2.48. The number of carbonyl (C=O) groups is 2. The van der Waals surface area contributed by atoms with E-state index < -0.39 is 15.9 Å². The zero-order valence-electron chi connectivity index (χ0n) is 18.1. The first kappa shape index (κ1) is 22.7. The molecular weight excluding hydrogens is 436 g/mol. The van der Waals surface area contributed by atoms with Crippen LogP contribution in [0.4, 0.5) is 0 Å². The minimum Gasteiger partial charge on any atom is -0.352 e. The molecule has 1 aliphatic carbocycles. The molecule has 170 valence electrons. The lowest BCUT2D eigenvalue weighted by Gasteiger charge is -2.19. The van der Waals surface area contributed by atoms with E-state index in [1.807, 2.05) is 30.3 Å². The molecule has 7 heteroatoms. The molecule has 1 aliphatic rings. The summed E-state index contributed by atoms with van der Waals surface area (Å²) in [5.74, 6) is -0.723. The minimum atomic E-state index is -3.47. The Morgan fingerprint density at radius 1 is 0.818 bits per heavy atom. The Morgan fingerprint density at radius 3 is 2.03 bits per heavy atom. The fraction of sp³-hybridized carbons (Fsp3) is 0.231. The number of hydrogen-bond acceptors (Lipinski definition) is 4. The van der Waals surface area contributed by atoms with Gasteiger partial charge in [0.05, 0.1) is 10.6 Å². The third-order valence-corrected chi connectivity index (χ3v) is 7.21. The molecule has 33 heavy (non-hydrogen) atoms. The van der Waals surface area contributed by atoms with Crippen LogP contribution in [0, 0.1) is 0 Å². The van der Waals surface area contributed by atoms with Crippen molar-refractivity contribution in [2.24, 2.45) is 0 Å². The molecule has 2 amide bonds. The van der Waals surface area contributed by atoms with Gasteiger partial charge in [-0.05, 0) is 48.2 Å². The van der Waals surface area contributed by atoms with Gasteiger partial charge in [0.25, 0.3) is 5.91 Å². The predicted octanol–water partition coefficient (Wildman–Crippen LogP) is 3.28. The van der Waals surface area contributed by atoms with E-state index in [4.69, 9.17) is 0 Å². The molecule has 3 aromatic rings. The lowest BCUT2D eigenvalue weighted by atomic mass is 10.0. The first-order valence-electron chi connectivity index (χ1n) is 10.9. The highest BCUT2D eigenvalue weighted by Gasteiger charge is 2.28. The van der Waals surface area contributed by atoms with Gasteiger partial charge in [0.2, 0.25) is 5.91 Å². The predicted molar refractivity (Wildman–Crippen MR) is 126 cm³/mol. The van der Waals surface area contributed by atoms with E-state index in [1.165, 1.54) is 0 Å². The van der Waals surface area contributed by atoms with Gasteiger partial charge in [0, 0.05) is 18.0 Å². The summed E-state index contributed by atoms with van der Waals surface area (Å²) in [5, 5.41) is 5.80. The smallest absolute Gasteiger partial charge is 0.251 e. The minimum absolute atomic E-state index is 0.153. The molecule has 0 radical (unpaired) electrons. The van der Waals surface area contributed by atoms with Crippen molar-refractivity contribution < 1.29 is 18.0 Å². The summed E-state index contributed by atoms with van der Waals surface area (Å²) in [5.41, 5.74) is 1.91. The molecule has 2 N–H and O–H groups in total. The summed E-state index contributed by atoms with van der Waals surface area (Å²) in [6.07, 6.45) is 2.31. The van der Waals surface area contributed by atoms with E-state index in [0.29, 0.717) is 17.5 Å². The molecule has 6 nitrogen and oxygen atoms in total. The van der Waals surface area contributed by atoms with Crippen LogP contribution >= 0.6 is 0 Å². The number of hydrogen-bond donors (Lipinski definition) is 2. The number of benzene rings is 3. The van der Waals surface area contributed by atoms with Crippen LogP contribution in [0.25, 0.3) is 0 Å². The second-order valence-electron chi connectivity index (χ2n) is 8.27. The molecule has 1 saturated carbocycles. The van der Waals surface area contributed by atoms with Crippen LogP contribution in [-0.4, -0.2) is 32.3 Å². The maximum Gasteiger partial charge on any atom is 0.251 e. The van der Waals surface area contributed by atoms with Crippen molar-refractivity contribution in [2.45, 2.75) is 42.0 Å². The zero-order valence-corrected chi connectivity index (χ0v) is 18.9. The Balaban J connectivity index is 1.43. The van der Waals surface area contributed by atoms with Gasteiger partial charge in [-0.1, -0.05) is 60.7 Å². The molecule has 0 bridgehead atoms. The van der Waals surface area contributed by atoms with Crippen molar-refractivity contribution in [3.63, 3.8) is 0 Å². The highest BCUT2D eigenvalue weighted by molar-refractivity contribution is 7.90. The largest absolute Gasteiger partial charge is 0.352 e. The van der Waals surface area contributed by atoms with E-state index in [-0.39, 0.29) is 28.5 Å². The van der Waals surface area contributed by atoms with E-state index in [1.54, 1.807) is 54.6 Å². The third kappa shape index (κ3) is 6.29. The van der Waals surface area contributed by atoms with Crippen LogP contribution in [0.15, 0.2) is 89.8 Å². The Kier molecular flexibility index (Phi) is 6.89. The molecule has 0 saturated heterocycles. The number of rotatable bonds is 9. The maximum absolute atomic E-state index is 12.9. The third-order valence-electron chi connectivity index (χ3n) is 5.50. The Bertz CT molecular complexity index is 1210. The van der Waals surface area contributed by atoms with Gasteiger partial charge in [-0.25, -0.2) is 8.42 Å². The molecule has 0 heterocycles. The van der Waals surface area contributed by atoms with Gasteiger partial charge >= 0.3 is 0 Å². The lowest BCUT2D eigenvalue weighted by molar-refractivity contribution is -0.123. The van der Waals surface area contributed by atoms with Crippen LogP contribution in [-0.2, 0) is 26.8 Å². The van der Waals surface area contributed by atoms with Crippen LogP contribution in [0.5, 0.6) is 0 Å². The monoisotopic (exact) mass is 462 g/mol. The first-order chi connectivity index (χ1) is 15.9. The molecule has 1 atom stereocenters. The number of nitrogens with one attached hydrogen (secondary N) is 2. The van der Waals surface area contributed by atoms with Crippen molar-refractivity contribution >= 4 is 21.7 Å². The van der Waals surface area contributed by atoms with Gasteiger partial charge in [-0.2, -0.15) is 0 Å². The van der Waals surface area contributed by atoms with Crippen LogP contribution in [0.1, 0.15) is 34.3 Å². The maximum atomic E-state index is 12.9. The van der Waals surface area contributed by atoms with Gasteiger partial charge in [0.1, 0.15) is 6.04 Å². The second-order valence-corrected chi connectivity index (χ2v) is 10.3. The van der Waals surface area contributed by atoms with Crippen LogP contribution in [0.3, 0.4) is 0 Å². The van der Waals surface area contributed by atoms with Gasteiger partial charge in [0.15, 0.2) is 9.84 Å². The van der Waals surface area contributed by atoms with Crippen molar-refractivity contribution in [1.29, 1.82) is 0 Å². The Morgan fingerprint density at radius 2 is 1.42 bits per heavy atom. The molecule has 0 aliphatic heterocycles. The van der Waals surface area contributed by atoms with E-state index in [9.17, 15) is 18.0 Å². The Labute approximate surface area is 194 Å². The molecule has 3 aromatic carbocycles. The summed E-state index contributed by atoms with van der Waals surface area (Å²) >= 11 is 0. The average Bonchev–Trinajstić information content (AvgIpc) is 3.64. The summed E-state index contributed by atoms with van der Waals surface area (Å²) in [6.45, 7) is 0. The first-order valence-corrected chi connectivity index (χ1v) is 12.6. The quantitative estimate of drug-likeness (QED) is 0.511. The summed E-state index contributed by atoms with van der Waals surface area (Å²) in [4.78, 5) is 25.8. The fourth-order valence-electron chi connectivity index (χ4n) is 3.51. The van der Waals surface area contributed by atoms with E-state index in [0.717, 1.165) is 18.4 Å². The van der Waals surface area contributed by atoms with Crippen molar-refractivity contribution in [2.75, 3.05) is 0 Å². The van der Waals surface area contributed by atoms with Gasteiger partial charge < -0.3 is 10.6 Å². The number of carbonyl (C=O) groups excluding carboxylic acids is 2. The van der Waals surface area contributed by atoms with Crippen molar-refractivity contribution in [3.05, 3.63) is 102 Å². The Hall–Kier alpha value is -3.45. The molecule has 0 spiro atoms. The normalized spacial score (nSPS) is 14.3. The van der Waals surface area contributed by atoms with Crippen LogP contribution < -0.4 is 10.6 Å². The molecule has 0 aromatic heterocycles. The van der Waals surface area contributed by atoms with Gasteiger partial charge in [-0.15, -0.1) is 0 Å². The molecule has 4 rings (SSSR count). The second kappa shape index (κ2) is 10.0. The summed E-state index contributed by atoms with van der Waals surface area (Å²) < 4.78 is 25.2. The van der Waals surface area contributed by atoms with Crippen molar-refractivity contribution in [3.8, 4) is 0 Å². The topological polar surface area (TPSA) is 92.3 Å². The molecule has 1 fully saturated rings. The fourth-order valence-corrected chi connectivity index (χ4v) is 4.88. The highest BCUT2D eigenvalue weighted by Crippen LogP contribution is 2.19. The van der Waals surface area contributed by atoms with Crippen molar-refractivity contribution in [1.82, 2.24) is 10.6 Å². The highest BCUT2D eigenvalue weighted by atomic mass is 32.2. The summed E-state index contributed by atoms with van der Waals surface area (Å²) in [6, 6.07) is 23.7. The summed E-state index contributed by atoms with van der Waals surface area (Å²) in [7, 11) is -3.47. The van der Waals surface area contributed by atoms with Crippen LogP contribution in [0.2, 0.25) is 0 Å². The van der Waals surface area contributed by atoms with E-state index >= 15 is 0 Å². The zero-order chi connectivity index (χ0) is 23.3. The average molecular weight is 463 g/mol. The number of amides is 2.